The normalized spacial score (nSPS) is 14.7. The van der Waals surface area contributed by atoms with Crippen molar-refractivity contribution in [3.63, 3.8) is 0 Å². The van der Waals surface area contributed by atoms with Crippen molar-refractivity contribution in [1.82, 2.24) is 9.88 Å². The number of nitriles is 1. The summed E-state index contributed by atoms with van der Waals surface area (Å²) in [7, 11) is 0. The molecule has 0 N–H and O–H groups in total. The molecule has 0 saturated carbocycles. The van der Waals surface area contributed by atoms with Gasteiger partial charge in [0.15, 0.2) is 0 Å². The summed E-state index contributed by atoms with van der Waals surface area (Å²) in [5.74, 6) is 0.919. The van der Waals surface area contributed by atoms with Crippen molar-refractivity contribution in [3.05, 3.63) is 52.7 Å². The number of halogens is 1. The molecule has 22 heavy (non-hydrogen) atoms. The average Bonchev–Trinajstić information content (AvgIpc) is 3.03. The smallest absolute Gasteiger partial charge is 0.220 e. The van der Waals surface area contributed by atoms with E-state index in [0.29, 0.717) is 22.2 Å². The predicted octanol–water partition coefficient (Wildman–Crippen LogP) is 3.99. The Kier molecular flexibility index (Phi) is 4.57. The van der Waals surface area contributed by atoms with Crippen LogP contribution in [-0.4, -0.2) is 23.0 Å². The summed E-state index contributed by atoms with van der Waals surface area (Å²) < 4.78 is 5.67. The molecule has 1 aliphatic rings. The van der Waals surface area contributed by atoms with Crippen molar-refractivity contribution in [2.45, 2.75) is 19.4 Å². The highest BCUT2D eigenvalue weighted by Crippen LogP contribution is 2.30. The summed E-state index contributed by atoms with van der Waals surface area (Å²) >= 11 is 6.30. The third kappa shape index (κ3) is 3.56. The molecular weight excluding hydrogens is 298 g/mol. The van der Waals surface area contributed by atoms with E-state index in [1.807, 2.05) is 18.2 Å². The topological polar surface area (TPSA) is 49.1 Å². The summed E-state index contributed by atoms with van der Waals surface area (Å²) in [6.07, 6.45) is 4.09. The maximum Gasteiger partial charge on any atom is 0.220 e. The number of hydrogen-bond acceptors (Lipinski definition) is 4. The van der Waals surface area contributed by atoms with Gasteiger partial charge < -0.3 is 4.74 Å². The fraction of sp³-hybridized carbons (Fsp3) is 0.294. The van der Waals surface area contributed by atoms with E-state index in [2.05, 4.69) is 16.0 Å². The molecule has 1 aromatic heterocycles. The van der Waals surface area contributed by atoms with Crippen molar-refractivity contribution in [2.24, 2.45) is 0 Å². The number of likely N-dealkylation sites (tertiary alicyclic amines) is 1. The van der Waals surface area contributed by atoms with Gasteiger partial charge in [-0.15, -0.1) is 0 Å². The number of ether oxygens (including phenoxy) is 1. The lowest BCUT2D eigenvalue weighted by atomic mass is 10.2. The lowest BCUT2D eigenvalue weighted by molar-refractivity contribution is 0.331. The molecule has 112 valence electrons. The second kappa shape index (κ2) is 6.78. The zero-order valence-electron chi connectivity index (χ0n) is 12.1. The molecule has 0 radical (unpaired) electrons. The van der Waals surface area contributed by atoms with Crippen LogP contribution in [0.15, 0.2) is 36.5 Å². The van der Waals surface area contributed by atoms with Gasteiger partial charge in [0.1, 0.15) is 5.75 Å². The van der Waals surface area contributed by atoms with Gasteiger partial charge in [0.25, 0.3) is 0 Å². The van der Waals surface area contributed by atoms with Gasteiger partial charge in [0.05, 0.1) is 16.7 Å². The lowest BCUT2D eigenvalue weighted by Crippen LogP contribution is -2.18. The van der Waals surface area contributed by atoms with Crippen molar-refractivity contribution >= 4 is 11.6 Å². The standard InChI is InChI=1S/C17H16ClN3O/c18-15-9-14(12-21-7-1-2-8-21)3-4-16(15)22-17-10-13(11-19)5-6-20-17/h3-6,9-10H,1-2,7-8,12H2. The molecule has 0 bridgehead atoms. The summed E-state index contributed by atoms with van der Waals surface area (Å²) in [5.41, 5.74) is 1.68. The molecule has 0 amide bonds. The van der Waals surface area contributed by atoms with Crippen LogP contribution in [0.1, 0.15) is 24.0 Å². The van der Waals surface area contributed by atoms with Crippen LogP contribution in [0.2, 0.25) is 5.02 Å². The first-order valence-corrected chi connectivity index (χ1v) is 7.67. The molecule has 1 aliphatic heterocycles. The summed E-state index contributed by atoms with van der Waals surface area (Å²) in [6.45, 7) is 3.23. The molecule has 3 rings (SSSR count). The zero-order valence-corrected chi connectivity index (χ0v) is 12.9. The predicted molar refractivity (Wildman–Crippen MR) is 85.0 cm³/mol. The van der Waals surface area contributed by atoms with E-state index < -0.39 is 0 Å². The molecule has 1 aromatic carbocycles. The molecule has 0 spiro atoms. The van der Waals surface area contributed by atoms with Crippen LogP contribution in [0.5, 0.6) is 11.6 Å². The fourth-order valence-electron chi connectivity index (χ4n) is 2.57. The van der Waals surface area contributed by atoms with E-state index in [4.69, 9.17) is 21.6 Å². The monoisotopic (exact) mass is 313 g/mol. The molecule has 0 atom stereocenters. The first kappa shape index (κ1) is 14.8. The molecule has 1 fully saturated rings. The van der Waals surface area contributed by atoms with Crippen LogP contribution in [0.4, 0.5) is 0 Å². The highest BCUT2D eigenvalue weighted by Gasteiger charge is 2.13. The average molecular weight is 314 g/mol. The van der Waals surface area contributed by atoms with Crippen molar-refractivity contribution in [1.29, 1.82) is 5.26 Å². The number of aromatic nitrogens is 1. The molecule has 2 aromatic rings. The number of rotatable bonds is 4. The highest BCUT2D eigenvalue weighted by molar-refractivity contribution is 6.32. The molecule has 2 heterocycles. The van der Waals surface area contributed by atoms with E-state index in [9.17, 15) is 0 Å². The van der Waals surface area contributed by atoms with Gasteiger partial charge in [-0.05, 0) is 49.7 Å². The molecule has 4 nitrogen and oxygen atoms in total. The third-order valence-corrected chi connectivity index (χ3v) is 3.97. The summed E-state index contributed by atoms with van der Waals surface area (Å²) in [5, 5.41) is 9.45. The van der Waals surface area contributed by atoms with Crippen molar-refractivity contribution < 1.29 is 4.74 Å². The number of pyridine rings is 1. The van der Waals surface area contributed by atoms with Gasteiger partial charge in [-0.3, -0.25) is 4.90 Å². The van der Waals surface area contributed by atoms with Crippen LogP contribution in [0.25, 0.3) is 0 Å². The van der Waals surface area contributed by atoms with E-state index in [1.54, 1.807) is 18.3 Å². The Labute approximate surface area is 134 Å². The van der Waals surface area contributed by atoms with Crippen LogP contribution in [0, 0.1) is 11.3 Å². The second-order valence-electron chi connectivity index (χ2n) is 5.34. The molecule has 0 aliphatic carbocycles. The van der Waals surface area contributed by atoms with Crippen LogP contribution in [0.3, 0.4) is 0 Å². The van der Waals surface area contributed by atoms with Crippen molar-refractivity contribution in [3.8, 4) is 17.7 Å². The van der Waals surface area contributed by atoms with E-state index >= 15 is 0 Å². The Balaban J connectivity index is 1.72. The summed E-state index contributed by atoms with van der Waals surface area (Å²) in [6, 6.07) is 11.1. The third-order valence-electron chi connectivity index (χ3n) is 3.68. The Morgan fingerprint density at radius 3 is 2.77 bits per heavy atom. The second-order valence-corrected chi connectivity index (χ2v) is 5.75. The van der Waals surface area contributed by atoms with Crippen LogP contribution >= 0.6 is 11.6 Å². The molecule has 5 heteroatoms. The Morgan fingerprint density at radius 1 is 1.23 bits per heavy atom. The van der Waals surface area contributed by atoms with E-state index in [0.717, 1.165) is 19.6 Å². The first-order valence-electron chi connectivity index (χ1n) is 7.29. The lowest BCUT2D eigenvalue weighted by Gasteiger charge is -2.15. The van der Waals surface area contributed by atoms with Crippen molar-refractivity contribution in [2.75, 3.05) is 13.1 Å². The zero-order chi connectivity index (χ0) is 15.4. The number of benzene rings is 1. The maximum atomic E-state index is 8.89. The first-order chi connectivity index (χ1) is 10.7. The van der Waals surface area contributed by atoms with Gasteiger partial charge in [0.2, 0.25) is 5.88 Å². The van der Waals surface area contributed by atoms with E-state index in [-0.39, 0.29) is 0 Å². The molecule has 0 unspecified atom stereocenters. The quantitative estimate of drug-likeness (QED) is 0.856. The minimum absolute atomic E-state index is 0.369. The van der Waals surface area contributed by atoms with Gasteiger partial charge >= 0.3 is 0 Å². The Bertz CT molecular complexity index is 705. The highest BCUT2D eigenvalue weighted by atomic mass is 35.5. The minimum atomic E-state index is 0.369. The van der Waals surface area contributed by atoms with Gasteiger partial charge in [0, 0.05) is 18.8 Å². The Hall–Kier alpha value is -2.09. The number of nitrogens with zero attached hydrogens (tertiary/aromatic N) is 3. The van der Waals surface area contributed by atoms with Gasteiger partial charge in [-0.1, -0.05) is 17.7 Å². The largest absolute Gasteiger partial charge is 0.437 e. The molecule has 1 saturated heterocycles. The van der Waals surface area contributed by atoms with Crippen LogP contribution < -0.4 is 4.74 Å². The molecular formula is C17H16ClN3O. The Morgan fingerprint density at radius 2 is 2.05 bits per heavy atom. The summed E-state index contributed by atoms with van der Waals surface area (Å²) in [4.78, 5) is 6.51. The SMILES string of the molecule is N#Cc1ccnc(Oc2ccc(CN3CCCC3)cc2Cl)c1. The van der Waals surface area contributed by atoms with Gasteiger partial charge in [-0.2, -0.15) is 5.26 Å². The fourth-order valence-corrected chi connectivity index (χ4v) is 2.81. The maximum absolute atomic E-state index is 8.89. The number of hydrogen-bond donors (Lipinski definition) is 0. The minimum Gasteiger partial charge on any atom is -0.437 e. The van der Waals surface area contributed by atoms with Crippen LogP contribution in [-0.2, 0) is 6.54 Å². The van der Waals surface area contributed by atoms with E-state index in [1.165, 1.54) is 18.4 Å². The van der Waals surface area contributed by atoms with Gasteiger partial charge in [-0.25, -0.2) is 4.98 Å².